The first-order valence-electron chi connectivity index (χ1n) is 8.86. The molecule has 1 fully saturated rings. The van der Waals surface area contributed by atoms with Crippen molar-refractivity contribution >= 4 is 17.5 Å². The lowest BCUT2D eigenvalue weighted by Crippen LogP contribution is -2.43. The molecule has 1 unspecified atom stereocenters. The zero-order valence-electron chi connectivity index (χ0n) is 14.8. The Bertz CT molecular complexity index is 728. The van der Waals surface area contributed by atoms with Gasteiger partial charge in [-0.1, -0.05) is 17.7 Å². The molecule has 3 rings (SSSR count). The summed E-state index contributed by atoms with van der Waals surface area (Å²) in [4.78, 5) is 14.9. The number of carbonyl (C=O) groups is 1. The van der Waals surface area contributed by atoms with Gasteiger partial charge in [-0.05, 0) is 57.4 Å². The standard InChI is InChI=1S/C19H25ClN4O/c1-14(2)23-8-4-5-15(12-23)10-21-19(25)16-11-22-24(13-16)18-7-3-6-17(20)9-18/h3,6-7,9,11,13-15H,4-5,8,10,12H2,1-2H3,(H,21,25). The van der Waals surface area contributed by atoms with Crippen LogP contribution in [-0.2, 0) is 0 Å². The molecule has 1 aromatic carbocycles. The predicted octanol–water partition coefficient (Wildman–Crippen LogP) is 3.38. The third-order valence-corrected chi connectivity index (χ3v) is 4.98. The minimum absolute atomic E-state index is 0.0741. The van der Waals surface area contributed by atoms with E-state index in [9.17, 15) is 4.79 Å². The molecule has 1 aromatic heterocycles. The Balaban J connectivity index is 1.57. The van der Waals surface area contributed by atoms with Gasteiger partial charge in [0.15, 0.2) is 0 Å². The lowest BCUT2D eigenvalue weighted by molar-refractivity contribution is 0.0922. The van der Waals surface area contributed by atoms with Crippen molar-refractivity contribution in [2.75, 3.05) is 19.6 Å². The van der Waals surface area contributed by atoms with Crippen LogP contribution < -0.4 is 5.32 Å². The number of halogens is 1. The minimum Gasteiger partial charge on any atom is -0.352 e. The molecule has 1 amide bonds. The molecule has 1 aliphatic heterocycles. The third kappa shape index (κ3) is 4.61. The second-order valence-corrected chi connectivity index (χ2v) is 7.40. The molecule has 0 radical (unpaired) electrons. The number of benzene rings is 1. The molecule has 25 heavy (non-hydrogen) atoms. The van der Waals surface area contributed by atoms with E-state index in [1.54, 1.807) is 17.1 Å². The lowest BCUT2D eigenvalue weighted by atomic mass is 9.97. The molecule has 1 N–H and O–H groups in total. The van der Waals surface area contributed by atoms with Crippen LogP contribution in [0.4, 0.5) is 0 Å². The Morgan fingerprint density at radius 1 is 1.44 bits per heavy atom. The maximum atomic E-state index is 12.4. The van der Waals surface area contributed by atoms with Gasteiger partial charge in [-0.2, -0.15) is 5.10 Å². The molecule has 0 spiro atoms. The largest absolute Gasteiger partial charge is 0.352 e. The van der Waals surface area contributed by atoms with Gasteiger partial charge in [0.1, 0.15) is 0 Å². The average molecular weight is 361 g/mol. The second kappa shape index (κ2) is 8.02. The molecule has 0 aliphatic carbocycles. The van der Waals surface area contributed by atoms with E-state index < -0.39 is 0 Å². The third-order valence-electron chi connectivity index (χ3n) is 4.75. The van der Waals surface area contributed by atoms with Crippen molar-refractivity contribution in [3.8, 4) is 5.69 Å². The average Bonchev–Trinajstić information content (AvgIpc) is 3.10. The van der Waals surface area contributed by atoms with Crippen LogP contribution in [0.25, 0.3) is 5.69 Å². The fourth-order valence-electron chi connectivity index (χ4n) is 3.27. The van der Waals surface area contributed by atoms with Crippen LogP contribution in [0.5, 0.6) is 0 Å². The summed E-state index contributed by atoms with van der Waals surface area (Å²) in [6.07, 6.45) is 5.70. The van der Waals surface area contributed by atoms with Crippen molar-refractivity contribution < 1.29 is 4.79 Å². The van der Waals surface area contributed by atoms with Crippen LogP contribution in [0, 0.1) is 5.92 Å². The van der Waals surface area contributed by atoms with Crippen LogP contribution in [0.3, 0.4) is 0 Å². The van der Waals surface area contributed by atoms with E-state index in [0.29, 0.717) is 29.1 Å². The normalized spacial score (nSPS) is 18.5. The number of hydrogen-bond acceptors (Lipinski definition) is 3. The van der Waals surface area contributed by atoms with Crippen molar-refractivity contribution in [2.45, 2.75) is 32.7 Å². The highest BCUT2D eigenvalue weighted by Crippen LogP contribution is 2.18. The maximum absolute atomic E-state index is 12.4. The number of carbonyl (C=O) groups excluding carboxylic acids is 1. The zero-order valence-corrected chi connectivity index (χ0v) is 15.5. The number of amides is 1. The molecule has 5 nitrogen and oxygen atoms in total. The topological polar surface area (TPSA) is 50.2 Å². The molecule has 0 saturated carbocycles. The molecule has 2 heterocycles. The van der Waals surface area contributed by atoms with Crippen LogP contribution in [0.2, 0.25) is 5.02 Å². The number of piperidine rings is 1. The Morgan fingerprint density at radius 3 is 3.04 bits per heavy atom. The Labute approximate surface area is 154 Å². The van der Waals surface area contributed by atoms with E-state index >= 15 is 0 Å². The summed E-state index contributed by atoms with van der Waals surface area (Å²) in [7, 11) is 0. The second-order valence-electron chi connectivity index (χ2n) is 6.96. The zero-order chi connectivity index (χ0) is 17.8. The quantitative estimate of drug-likeness (QED) is 0.889. The molecule has 1 atom stereocenters. The minimum atomic E-state index is -0.0741. The van der Waals surface area contributed by atoms with Crippen molar-refractivity contribution in [3.05, 3.63) is 47.2 Å². The molecular formula is C19H25ClN4O. The van der Waals surface area contributed by atoms with Gasteiger partial charge in [0.25, 0.3) is 5.91 Å². The van der Waals surface area contributed by atoms with E-state index in [-0.39, 0.29) is 5.91 Å². The maximum Gasteiger partial charge on any atom is 0.254 e. The molecule has 134 valence electrons. The van der Waals surface area contributed by atoms with Gasteiger partial charge >= 0.3 is 0 Å². The number of rotatable bonds is 5. The summed E-state index contributed by atoms with van der Waals surface area (Å²) in [6, 6.07) is 7.96. The fourth-order valence-corrected chi connectivity index (χ4v) is 3.46. The summed E-state index contributed by atoms with van der Waals surface area (Å²) in [5, 5.41) is 7.97. The van der Waals surface area contributed by atoms with Crippen LogP contribution in [0.1, 0.15) is 37.0 Å². The van der Waals surface area contributed by atoms with Gasteiger partial charge in [0.2, 0.25) is 0 Å². The van der Waals surface area contributed by atoms with Crippen molar-refractivity contribution in [2.24, 2.45) is 5.92 Å². The Morgan fingerprint density at radius 2 is 2.28 bits per heavy atom. The van der Waals surface area contributed by atoms with Gasteiger partial charge in [0, 0.05) is 30.4 Å². The molecule has 1 aliphatic rings. The van der Waals surface area contributed by atoms with Crippen molar-refractivity contribution in [1.29, 1.82) is 0 Å². The monoisotopic (exact) mass is 360 g/mol. The van der Waals surface area contributed by atoms with Crippen molar-refractivity contribution in [3.63, 3.8) is 0 Å². The van der Waals surface area contributed by atoms with Crippen LogP contribution in [0.15, 0.2) is 36.7 Å². The van der Waals surface area contributed by atoms with E-state index in [4.69, 9.17) is 11.6 Å². The number of nitrogens with one attached hydrogen (secondary N) is 1. The first-order valence-corrected chi connectivity index (χ1v) is 9.23. The Hall–Kier alpha value is -1.85. The van der Waals surface area contributed by atoms with Gasteiger partial charge < -0.3 is 10.2 Å². The predicted molar refractivity (Wildman–Crippen MR) is 100 cm³/mol. The lowest BCUT2D eigenvalue weighted by Gasteiger charge is -2.35. The SMILES string of the molecule is CC(C)N1CCCC(CNC(=O)c2cnn(-c3cccc(Cl)c3)c2)C1. The number of nitrogens with zero attached hydrogens (tertiary/aromatic N) is 3. The highest BCUT2D eigenvalue weighted by atomic mass is 35.5. The van der Waals surface area contributed by atoms with E-state index in [2.05, 4.69) is 29.2 Å². The number of hydrogen-bond donors (Lipinski definition) is 1. The Kier molecular flexibility index (Phi) is 5.76. The number of likely N-dealkylation sites (tertiary alicyclic amines) is 1. The van der Waals surface area contributed by atoms with E-state index in [0.717, 1.165) is 18.8 Å². The molecule has 0 bridgehead atoms. The summed E-state index contributed by atoms with van der Waals surface area (Å²) >= 11 is 6.01. The van der Waals surface area contributed by atoms with E-state index in [1.807, 2.05) is 24.3 Å². The summed E-state index contributed by atoms with van der Waals surface area (Å²) in [5.74, 6) is 0.443. The summed E-state index contributed by atoms with van der Waals surface area (Å²) in [5.41, 5.74) is 1.41. The van der Waals surface area contributed by atoms with Gasteiger partial charge in [-0.25, -0.2) is 4.68 Å². The van der Waals surface area contributed by atoms with Crippen LogP contribution >= 0.6 is 11.6 Å². The summed E-state index contributed by atoms with van der Waals surface area (Å²) < 4.78 is 1.67. The van der Waals surface area contributed by atoms with Gasteiger partial charge in [-0.3, -0.25) is 4.79 Å². The van der Waals surface area contributed by atoms with Crippen molar-refractivity contribution in [1.82, 2.24) is 20.0 Å². The molecule has 2 aromatic rings. The van der Waals surface area contributed by atoms with Crippen LogP contribution in [-0.4, -0.2) is 46.3 Å². The van der Waals surface area contributed by atoms with Gasteiger partial charge in [0.05, 0.1) is 17.4 Å². The first kappa shape index (κ1) is 18.0. The summed E-state index contributed by atoms with van der Waals surface area (Å²) in [6.45, 7) is 7.38. The molecule has 6 heteroatoms. The van der Waals surface area contributed by atoms with Gasteiger partial charge in [-0.15, -0.1) is 0 Å². The van der Waals surface area contributed by atoms with E-state index in [1.165, 1.54) is 12.8 Å². The number of aromatic nitrogens is 2. The smallest absolute Gasteiger partial charge is 0.254 e. The first-order chi connectivity index (χ1) is 12.0. The highest BCUT2D eigenvalue weighted by molar-refractivity contribution is 6.30. The highest BCUT2D eigenvalue weighted by Gasteiger charge is 2.22. The molecule has 1 saturated heterocycles. The fraction of sp³-hybridized carbons (Fsp3) is 0.474. The molecular weight excluding hydrogens is 336 g/mol.